The molecule has 2 saturated carbocycles. The Morgan fingerprint density at radius 1 is 1.06 bits per heavy atom. The van der Waals surface area contributed by atoms with E-state index in [0.29, 0.717) is 30.7 Å². The molecule has 1 aliphatic heterocycles. The largest absolute Gasteiger partial charge is 0.346 e. The number of hydrogen-bond acceptors (Lipinski definition) is 6. The molecule has 3 fully saturated rings. The van der Waals surface area contributed by atoms with Gasteiger partial charge in [0.1, 0.15) is 6.04 Å². The second-order valence-corrected chi connectivity index (χ2v) is 13.6. The summed E-state index contributed by atoms with van der Waals surface area (Å²) in [6.45, 7) is -0.0975. The molecule has 2 aromatic rings. The zero-order valence-electron chi connectivity index (χ0n) is 19.4. The van der Waals surface area contributed by atoms with Crippen molar-refractivity contribution in [2.45, 2.75) is 64.6 Å². The summed E-state index contributed by atoms with van der Waals surface area (Å²) in [6, 6.07) is 12.4. The summed E-state index contributed by atoms with van der Waals surface area (Å²) in [5, 5.41) is 2.10. The van der Waals surface area contributed by atoms with Gasteiger partial charge >= 0.3 is 0 Å². The average Bonchev–Trinajstić information content (AvgIpc) is 3.76. The van der Waals surface area contributed by atoms with E-state index in [4.69, 9.17) is 28.9 Å². The van der Waals surface area contributed by atoms with Crippen LogP contribution in [0.25, 0.3) is 0 Å². The molecule has 2 aliphatic carbocycles. The maximum Gasteiger partial charge on any atom is 0.243 e. The van der Waals surface area contributed by atoms with Crippen LogP contribution in [-0.4, -0.2) is 53.9 Å². The van der Waals surface area contributed by atoms with Gasteiger partial charge in [0.15, 0.2) is 9.84 Å². The van der Waals surface area contributed by atoms with Gasteiger partial charge < -0.3 is 16.0 Å². The van der Waals surface area contributed by atoms with E-state index in [1.165, 1.54) is 17.0 Å². The van der Waals surface area contributed by atoms with Crippen LogP contribution in [0.5, 0.6) is 0 Å². The van der Waals surface area contributed by atoms with Crippen LogP contribution in [-0.2, 0) is 24.8 Å². The molecule has 2 aromatic carbocycles. The molecule has 192 valence electrons. The number of carbonyl (C=O) groups excluding carboxylic acids is 2. The average molecular weight is 569 g/mol. The van der Waals surface area contributed by atoms with Crippen molar-refractivity contribution >= 4 is 57.5 Å². The summed E-state index contributed by atoms with van der Waals surface area (Å²) in [5.74, 6) is -0.657. The highest BCUT2D eigenvalue weighted by molar-refractivity contribution is 7.92. The summed E-state index contributed by atoms with van der Waals surface area (Å²) >= 11 is 16.6. The minimum atomic E-state index is -3.91. The normalized spacial score (nSPS) is 24.7. The number of nitrogens with one attached hydrogen (secondary N) is 1. The van der Waals surface area contributed by atoms with Gasteiger partial charge in [-0.3, -0.25) is 9.59 Å². The third-order valence-corrected chi connectivity index (χ3v) is 11.1. The number of rotatable bonds is 7. The molecule has 11 heteroatoms. The molecule has 36 heavy (non-hydrogen) atoms. The number of likely N-dealkylation sites (tertiary alicyclic amines) is 1. The Kier molecular flexibility index (Phi) is 6.61. The van der Waals surface area contributed by atoms with Gasteiger partial charge in [-0.1, -0.05) is 47.5 Å². The first-order valence-corrected chi connectivity index (χ1v) is 14.6. The monoisotopic (exact) mass is 567 g/mol. The van der Waals surface area contributed by atoms with Crippen LogP contribution in [0.1, 0.15) is 37.7 Å². The highest BCUT2D eigenvalue weighted by Gasteiger charge is 2.58. The van der Waals surface area contributed by atoms with Crippen LogP contribution >= 0.6 is 35.8 Å². The molecule has 1 heterocycles. The molecule has 2 amide bonds. The maximum atomic E-state index is 14.0. The lowest BCUT2D eigenvalue weighted by atomic mass is 9.94. The number of hydrogen-bond donors (Lipinski definition) is 3. The summed E-state index contributed by atoms with van der Waals surface area (Å²) in [4.78, 5) is 28.9. The lowest BCUT2D eigenvalue weighted by Crippen LogP contribution is -2.55. The zero-order chi connectivity index (χ0) is 25.9. The number of halogens is 2. The van der Waals surface area contributed by atoms with Crippen molar-refractivity contribution in [1.29, 1.82) is 0 Å². The summed E-state index contributed by atoms with van der Waals surface area (Å²) < 4.78 is 27.1. The second-order valence-electron chi connectivity index (χ2n) is 9.99. The van der Waals surface area contributed by atoms with E-state index in [0.717, 1.165) is 5.56 Å². The number of nitrogens with zero attached hydrogens (tertiary/aromatic N) is 1. The van der Waals surface area contributed by atoms with Gasteiger partial charge in [0.05, 0.1) is 31.5 Å². The number of sulfone groups is 1. The highest BCUT2D eigenvalue weighted by Crippen LogP contribution is 2.51. The Bertz CT molecular complexity index is 1310. The Morgan fingerprint density at radius 3 is 2.25 bits per heavy atom. The third-order valence-electron chi connectivity index (χ3n) is 7.69. The van der Waals surface area contributed by atoms with Gasteiger partial charge in [0.25, 0.3) is 0 Å². The van der Waals surface area contributed by atoms with Crippen molar-refractivity contribution in [3.8, 4) is 0 Å². The first kappa shape index (κ1) is 25.9. The molecule has 0 aromatic heterocycles. The zero-order valence-corrected chi connectivity index (χ0v) is 22.6. The quantitative estimate of drug-likeness (QED) is 0.351. The Balaban J connectivity index is 1.47. The molecule has 5 rings (SSSR count). The first-order chi connectivity index (χ1) is 17.0. The van der Waals surface area contributed by atoms with Crippen LogP contribution in [0.15, 0.2) is 53.4 Å². The first-order valence-electron chi connectivity index (χ1n) is 11.8. The predicted octanol–water partition coefficient (Wildman–Crippen LogP) is 3.33. The van der Waals surface area contributed by atoms with Gasteiger partial charge in [-0.05, 0) is 61.9 Å². The Hall–Kier alpha value is -1.78. The number of thiol groups is 1. The third kappa shape index (κ3) is 4.43. The van der Waals surface area contributed by atoms with E-state index in [-0.39, 0.29) is 28.8 Å². The minimum absolute atomic E-state index is 0.00000358. The van der Waals surface area contributed by atoms with Crippen molar-refractivity contribution in [2.24, 2.45) is 5.73 Å². The van der Waals surface area contributed by atoms with E-state index in [2.05, 4.69) is 17.9 Å². The number of nitrogens with two attached hydrogens (primary N) is 1. The highest BCUT2D eigenvalue weighted by atomic mass is 35.5. The number of amides is 2. The molecule has 0 spiro atoms. The Labute approximate surface area is 226 Å². The van der Waals surface area contributed by atoms with Gasteiger partial charge in [0.2, 0.25) is 11.8 Å². The topological polar surface area (TPSA) is 110 Å². The van der Waals surface area contributed by atoms with Gasteiger partial charge in [-0.15, -0.1) is 0 Å². The molecule has 7 nitrogen and oxygen atoms in total. The number of benzene rings is 2. The van der Waals surface area contributed by atoms with Gasteiger partial charge in [-0.25, -0.2) is 8.42 Å². The molecule has 0 radical (unpaired) electrons. The predicted molar refractivity (Wildman–Crippen MR) is 142 cm³/mol. The van der Waals surface area contributed by atoms with Crippen LogP contribution < -0.4 is 11.1 Å². The van der Waals surface area contributed by atoms with E-state index in [1.54, 1.807) is 24.3 Å². The van der Waals surface area contributed by atoms with Crippen molar-refractivity contribution < 1.29 is 18.0 Å². The van der Waals surface area contributed by atoms with Crippen molar-refractivity contribution in [3.05, 3.63) is 64.1 Å². The van der Waals surface area contributed by atoms with Crippen LogP contribution in [0.3, 0.4) is 0 Å². The maximum absolute atomic E-state index is 14.0. The van der Waals surface area contributed by atoms with E-state index < -0.39 is 43.4 Å². The standard InChI is InChI=1S/C25H27Cl2N3O4S2/c26-16-7-5-15(6-8-16)24(9-10-24)23(32)30-14-17(36(33,34)20-4-2-1-3-18(20)27)13-19(30)21(31)29-25(11-12-25)22(28)35/h1-8,17,19,22,35H,9-14,28H2,(H,29,31)/t17-,19+,22+/m1/s1. The van der Waals surface area contributed by atoms with E-state index in [1.807, 2.05) is 12.1 Å². The lowest BCUT2D eigenvalue weighted by molar-refractivity contribution is -0.140. The molecular formula is C25H27Cl2N3O4S2. The van der Waals surface area contributed by atoms with Crippen molar-refractivity contribution in [2.75, 3.05) is 6.54 Å². The van der Waals surface area contributed by atoms with E-state index in [9.17, 15) is 18.0 Å². The van der Waals surface area contributed by atoms with Gasteiger partial charge in [-0.2, -0.15) is 12.6 Å². The smallest absolute Gasteiger partial charge is 0.243 e. The van der Waals surface area contributed by atoms with Gasteiger partial charge in [0, 0.05) is 11.6 Å². The SMILES string of the molecule is N[C@@H](S)C1(NC(=O)[C@@H]2C[C@@H](S(=O)(=O)c3ccccc3Cl)CN2C(=O)C2(c3ccc(Cl)cc3)CC2)CC1. The molecule has 3 atom stereocenters. The molecule has 0 bridgehead atoms. The van der Waals surface area contributed by atoms with Crippen molar-refractivity contribution in [1.82, 2.24) is 10.2 Å². The fraction of sp³-hybridized carbons (Fsp3) is 0.440. The number of carbonyl (C=O) groups is 2. The lowest BCUT2D eigenvalue weighted by Gasteiger charge is -2.30. The van der Waals surface area contributed by atoms with Crippen molar-refractivity contribution in [3.63, 3.8) is 0 Å². The molecular weight excluding hydrogens is 541 g/mol. The second kappa shape index (κ2) is 9.20. The fourth-order valence-electron chi connectivity index (χ4n) is 5.10. The summed E-state index contributed by atoms with van der Waals surface area (Å²) in [5.41, 5.74) is 5.36. The molecule has 3 N–H and O–H groups in total. The Morgan fingerprint density at radius 2 is 1.69 bits per heavy atom. The molecule has 3 aliphatic rings. The summed E-state index contributed by atoms with van der Waals surface area (Å²) in [6.07, 6.45) is 2.57. The van der Waals surface area contributed by atoms with E-state index >= 15 is 0 Å². The van der Waals surface area contributed by atoms with Crippen LogP contribution in [0.4, 0.5) is 0 Å². The fourth-order valence-corrected chi connectivity index (χ4v) is 7.77. The molecule has 0 unspecified atom stereocenters. The van der Waals surface area contributed by atoms with Crippen LogP contribution in [0, 0.1) is 0 Å². The molecule has 1 saturated heterocycles. The minimum Gasteiger partial charge on any atom is -0.346 e. The summed E-state index contributed by atoms with van der Waals surface area (Å²) in [7, 11) is -3.91. The van der Waals surface area contributed by atoms with Crippen LogP contribution in [0.2, 0.25) is 10.0 Å².